The number of amidine groups is 1. The van der Waals surface area contributed by atoms with E-state index >= 15 is 0 Å². The SMILES string of the molecule is CC(C)(C)OC(=O)CC(NC(=O)C1CC1C(=O)Nc1ccc(C(=N)N)cc1)c1ccccc1. The Balaban J connectivity index is 1.60. The highest BCUT2D eigenvalue weighted by Crippen LogP contribution is 2.40. The lowest BCUT2D eigenvalue weighted by Crippen LogP contribution is -2.34. The van der Waals surface area contributed by atoms with Gasteiger partial charge >= 0.3 is 5.97 Å². The van der Waals surface area contributed by atoms with Crippen LogP contribution >= 0.6 is 0 Å². The molecular formula is C25H30N4O4. The molecule has 3 unspecified atom stereocenters. The maximum atomic E-state index is 12.9. The molecule has 8 heteroatoms. The van der Waals surface area contributed by atoms with E-state index in [0.29, 0.717) is 17.7 Å². The van der Waals surface area contributed by atoms with E-state index in [1.54, 1.807) is 45.0 Å². The molecule has 2 aromatic rings. The normalized spacial score (nSPS) is 18.0. The summed E-state index contributed by atoms with van der Waals surface area (Å²) in [5, 5.41) is 13.1. The fourth-order valence-corrected chi connectivity index (χ4v) is 3.51. The number of carbonyl (C=O) groups excluding carboxylic acids is 3. The Morgan fingerprint density at radius 1 is 1.03 bits per heavy atom. The van der Waals surface area contributed by atoms with Crippen LogP contribution in [-0.2, 0) is 19.1 Å². The summed E-state index contributed by atoms with van der Waals surface area (Å²) in [5.74, 6) is -1.85. The van der Waals surface area contributed by atoms with Gasteiger partial charge in [0.2, 0.25) is 11.8 Å². The van der Waals surface area contributed by atoms with Crippen molar-refractivity contribution in [3.05, 3.63) is 65.7 Å². The Morgan fingerprint density at radius 2 is 1.64 bits per heavy atom. The number of esters is 1. The largest absolute Gasteiger partial charge is 0.460 e. The monoisotopic (exact) mass is 450 g/mol. The third-order valence-corrected chi connectivity index (χ3v) is 5.24. The fourth-order valence-electron chi connectivity index (χ4n) is 3.51. The molecule has 1 aliphatic rings. The Hall–Kier alpha value is -3.68. The smallest absolute Gasteiger partial charge is 0.308 e. The number of hydrogen-bond donors (Lipinski definition) is 4. The molecule has 1 fully saturated rings. The molecule has 5 N–H and O–H groups in total. The molecule has 1 saturated carbocycles. The zero-order valence-electron chi connectivity index (χ0n) is 19.1. The minimum atomic E-state index is -0.620. The molecule has 174 valence electrons. The molecule has 2 amide bonds. The molecule has 0 saturated heterocycles. The first-order valence-corrected chi connectivity index (χ1v) is 10.9. The van der Waals surface area contributed by atoms with Crippen molar-refractivity contribution in [1.29, 1.82) is 5.41 Å². The molecule has 0 aliphatic heterocycles. The van der Waals surface area contributed by atoms with Crippen LogP contribution in [0, 0.1) is 17.2 Å². The van der Waals surface area contributed by atoms with E-state index in [-0.39, 0.29) is 24.1 Å². The van der Waals surface area contributed by atoms with Gasteiger partial charge in [-0.2, -0.15) is 0 Å². The second-order valence-corrected chi connectivity index (χ2v) is 9.19. The summed E-state index contributed by atoms with van der Waals surface area (Å²) in [4.78, 5) is 37.8. The number of nitrogen functional groups attached to an aromatic ring is 1. The number of amides is 2. The van der Waals surface area contributed by atoms with Crippen molar-refractivity contribution in [2.75, 3.05) is 5.32 Å². The zero-order valence-corrected chi connectivity index (χ0v) is 19.1. The number of nitrogens with one attached hydrogen (secondary N) is 3. The highest BCUT2D eigenvalue weighted by atomic mass is 16.6. The molecule has 0 aromatic heterocycles. The van der Waals surface area contributed by atoms with Gasteiger partial charge in [-0.25, -0.2) is 0 Å². The number of hydrogen-bond acceptors (Lipinski definition) is 5. The van der Waals surface area contributed by atoms with E-state index in [1.165, 1.54) is 0 Å². The van der Waals surface area contributed by atoms with Gasteiger partial charge in [0.05, 0.1) is 24.3 Å². The molecule has 8 nitrogen and oxygen atoms in total. The second kappa shape index (κ2) is 9.85. The van der Waals surface area contributed by atoms with Crippen LogP contribution in [0.25, 0.3) is 0 Å². The van der Waals surface area contributed by atoms with Gasteiger partial charge in [-0.3, -0.25) is 19.8 Å². The van der Waals surface area contributed by atoms with E-state index in [9.17, 15) is 14.4 Å². The summed E-state index contributed by atoms with van der Waals surface area (Å²) in [6.07, 6.45) is 0.441. The van der Waals surface area contributed by atoms with Gasteiger partial charge in [0.25, 0.3) is 0 Å². The van der Waals surface area contributed by atoms with Crippen molar-refractivity contribution in [2.24, 2.45) is 17.6 Å². The molecular weight excluding hydrogens is 420 g/mol. The van der Waals surface area contributed by atoms with Crippen LogP contribution in [-0.4, -0.2) is 29.2 Å². The van der Waals surface area contributed by atoms with Crippen LogP contribution in [0.5, 0.6) is 0 Å². The fraction of sp³-hybridized carbons (Fsp3) is 0.360. The van der Waals surface area contributed by atoms with E-state index in [2.05, 4.69) is 10.6 Å². The average molecular weight is 451 g/mol. The van der Waals surface area contributed by atoms with Crippen molar-refractivity contribution >= 4 is 29.3 Å². The Morgan fingerprint density at radius 3 is 2.21 bits per heavy atom. The number of anilines is 1. The minimum absolute atomic E-state index is 0.000889. The molecule has 0 spiro atoms. The van der Waals surface area contributed by atoms with Gasteiger partial charge in [-0.05, 0) is 57.0 Å². The zero-order chi connectivity index (χ0) is 24.2. The molecule has 1 aliphatic carbocycles. The van der Waals surface area contributed by atoms with Crippen LogP contribution in [0.4, 0.5) is 5.69 Å². The molecule has 33 heavy (non-hydrogen) atoms. The van der Waals surface area contributed by atoms with Gasteiger partial charge in [0.15, 0.2) is 0 Å². The topological polar surface area (TPSA) is 134 Å². The van der Waals surface area contributed by atoms with Gasteiger partial charge < -0.3 is 21.1 Å². The molecule has 0 radical (unpaired) electrons. The van der Waals surface area contributed by atoms with Crippen molar-refractivity contribution in [3.63, 3.8) is 0 Å². The third kappa shape index (κ3) is 6.90. The number of rotatable bonds is 8. The standard InChI is InChI=1S/C25H30N4O4/c1-25(2,3)33-21(30)14-20(15-7-5-4-6-8-15)29-24(32)19-13-18(19)23(31)28-17-11-9-16(10-12-17)22(26)27/h4-12,18-20H,13-14H2,1-3H3,(H3,26,27)(H,28,31)(H,29,32). The Labute approximate surface area is 193 Å². The number of nitrogens with two attached hydrogens (primary N) is 1. The Bertz CT molecular complexity index is 1030. The van der Waals surface area contributed by atoms with Gasteiger partial charge in [0.1, 0.15) is 11.4 Å². The van der Waals surface area contributed by atoms with Crippen LogP contribution < -0.4 is 16.4 Å². The van der Waals surface area contributed by atoms with Gasteiger partial charge in [-0.15, -0.1) is 0 Å². The van der Waals surface area contributed by atoms with E-state index < -0.39 is 29.4 Å². The average Bonchev–Trinajstić information content (AvgIpc) is 3.54. The predicted molar refractivity (Wildman–Crippen MR) is 125 cm³/mol. The molecule has 2 aromatic carbocycles. The van der Waals surface area contributed by atoms with E-state index in [1.807, 2.05) is 30.3 Å². The summed E-state index contributed by atoms with van der Waals surface area (Å²) < 4.78 is 5.42. The molecule has 0 bridgehead atoms. The maximum Gasteiger partial charge on any atom is 0.308 e. The van der Waals surface area contributed by atoms with Crippen molar-refractivity contribution in [1.82, 2.24) is 5.32 Å². The summed E-state index contributed by atoms with van der Waals surface area (Å²) >= 11 is 0. The summed E-state index contributed by atoms with van der Waals surface area (Å²) in [7, 11) is 0. The first kappa shape index (κ1) is 24.0. The quantitative estimate of drug-likeness (QED) is 0.278. The number of benzene rings is 2. The first-order chi connectivity index (χ1) is 15.5. The van der Waals surface area contributed by atoms with Gasteiger partial charge in [-0.1, -0.05) is 30.3 Å². The lowest BCUT2D eigenvalue weighted by atomic mass is 10.0. The first-order valence-electron chi connectivity index (χ1n) is 10.9. The lowest BCUT2D eigenvalue weighted by Gasteiger charge is -2.23. The van der Waals surface area contributed by atoms with E-state index in [0.717, 1.165) is 5.56 Å². The van der Waals surface area contributed by atoms with Crippen molar-refractivity contribution < 1.29 is 19.1 Å². The summed E-state index contributed by atoms with van der Waals surface area (Å²) in [5.41, 5.74) is 6.75. The molecule has 3 rings (SSSR count). The summed E-state index contributed by atoms with van der Waals surface area (Å²) in [6.45, 7) is 5.38. The highest BCUT2D eigenvalue weighted by molar-refractivity contribution is 6.00. The van der Waals surface area contributed by atoms with Gasteiger partial charge in [0, 0.05) is 11.3 Å². The highest BCUT2D eigenvalue weighted by Gasteiger charge is 2.48. The lowest BCUT2D eigenvalue weighted by molar-refractivity contribution is -0.155. The summed E-state index contributed by atoms with van der Waals surface area (Å²) in [6, 6.07) is 15.3. The maximum absolute atomic E-state index is 12.9. The van der Waals surface area contributed by atoms with Crippen LogP contribution in [0.15, 0.2) is 54.6 Å². The number of carbonyl (C=O) groups is 3. The Kier molecular flexibility index (Phi) is 7.16. The molecule has 0 heterocycles. The third-order valence-electron chi connectivity index (χ3n) is 5.24. The van der Waals surface area contributed by atoms with Crippen molar-refractivity contribution in [3.8, 4) is 0 Å². The second-order valence-electron chi connectivity index (χ2n) is 9.19. The minimum Gasteiger partial charge on any atom is -0.460 e. The molecule has 3 atom stereocenters. The van der Waals surface area contributed by atoms with Crippen LogP contribution in [0.2, 0.25) is 0 Å². The van der Waals surface area contributed by atoms with Crippen LogP contribution in [0.3, 0.4) is 0 Å². The predicted octanol–water partition coefficient (Wildman–Crippen LogP) is 3.13. The van der Waals surface area contributed by atoms with Crippen LogP contribution in [0.1, 0.15) is 50.8 Å². The number of ether oxygens (including phenoxy) is 1. The van der Waals surface area contributed by atoms with E-state index in [4.69, 9.17) is 15.9 Å². The van der Waals surface area contributed by atoms with Crippen molar-refractivity contribution in [2.45, 2.75) is 45.3 Å².